The van der Waals surface area contributed by atoms with Gasteiger partial charge >= 0.3 is 13.3 Å². The molecule has 0 unspecified atom stereocenters. The van der Waals surface area contributed by atoms with Crippen LogP contribution in [0, 0.1) is 0 Å². The van der Waals surface area contributed by atoms with Gasteiger partial charge in [0.2, 0.25) is 5.79 Å². The van der Waals surface area contributed by atoms with Crippen LogP contribution in [0.3, 0.4) is 0 Å². The number of rotatable bonds is 24. The summed E-state index contributed by atoms with van der Waals surface area (Å²) in [7, 11) is -2.24. The molecule has 0 spiro atoms. The summed E-state index contributed by atoms with van der Waals surface area (Å²) in [5.41, 5.74) is -1.61. The van der Waals surface area contributed by atoms with Gasteiger partial charge in [0.05, 0.1) is 0 Å². The van der Waals surface area contributed by atoms with Gasteiger partial charge in [0.15, 0.2) is 0 Å². The molecule has 0 atom stereocenters. The number of carbonyl (C=O) groups excluding carboxylic acids is 1. The minimum Gasteiger partial charge on any atom is -0.451 e. The Labute approximate surface area is 201 Å². The smallest absolute Gasteiger partial charge is 0.433 e. The van der Waals surface area contributed by atoms with Gasteiger partial charge in [0.25, 0.3) is 0 Å². The predicted molar refractivity (Wildman–Crippen MR) is 131 cm³/mol. The molecule has 0 aliphatic heterocycles. The minimum atomic E-state index is -4.94. The van der Waals surface area contributed by atoms with Crippen molar-refractivity contribution in [2.75, 3.05) is 34.0 Å². The van der Waals surface area contributed by atoms with E-state index in [0.717, 1.165) is 12.8 Å². The third kappa shape index (κ3) is 18.5. The van der Waals surface area contributed by atoms with Gasteiger partial charge in [0.1, 0.15) is 13.2 Å². The van der Waals surface area contributed by atoms with Crippen molar-refractivity contribution < 1.29 is 38.1 Å². The summed E-state index contributed by atoms with van der Waals surface area (Å²) in [5, 5.41) is 0. The van der Waals surface area contributed by atoms with Gasteiger partial charge in [-0.15, -0.1) is 0 Å². The Kier molecular flexibility index (Phi) is 20.5. The molecule has 9 heteroatoms. The third-order valence-corrected chi connectivity index (χ3v) is 6.47. The van der Waals surface area contributed by atoms with E-state index in [1.165, 1.54) is 104 Å². The molecule has 0 aromatic carbocycles. The van der Waals surface area contributed by atoms with Crippen molar-refractivity contribution in [2.45, 2.75) is 115 Å². The zero-order valence-corrected chi connectivity index (χ0v) is 22.1. The lowest BCUT2D eigenvalue weighted by Gasteiger charge is -2.29. The lowest BCUT2D eigenvalue weighted by atomic mass is 10.0. The Balaban J connectivity index is 3.59. The molecule has 0 saturated carbocycles. The Morgan fingerprint density at radius 3 is 1.45 bits per heavy atom. The number of methoxy groups -OCH3 is 2. The maximum atomic E-state index is 11.2. The molecule has 0 amide bonds. The molecule has 0 fully saturated rings. The van der Waals surface area contributed by atoms with Crippen LogP contribution in [-0.4, -0.2) is 55.3 Å². The van der Waals surface area contributed by atoms with E-state index in [-0.39, 0.29) is 6.61 Å². The van der Waals surface area contributed by atoms with Crippen LogP contribution < -0.4 is 0 Å². The summed E-state index contributed by atoms with van der Waals surface area (Å²) in [4.78, 5) is 28.8. The molecule has 0 aliphatic rings. The quantitative estimate of drug-likeness (QED) is 0.0877. The number of hydrogen-bond donors (Lipinski definition) is 2. The van der Waals surface area contributed by atoms with Crippen molar-refractivity contribution in [1.29, 1.82) is 0 Å². The summed E-state index contributed by atoms with van der Waals surface area (Å²) in [6.07, 6.45) is 20.9. The van der Waals surface area contributed by atoms with Gasteiger partial charge in [0, 0.05) is 20.8 Å². The molecule has 0 aliphatic carbocycles. The predicted octanol–water partition coefficient (Wildman–Crippen LogP) is 6.57. The van der Waals surface area contributed by atoms with Crippen LogP contribution in [0.4, 0.5) is 4.79 Å². The lowest BCUT2D eigenvalue weighted by molar-refractivity contribution is -0.250. The summed E-state index contributed by atoms with van der Waals surface area (Å²) in [5.74, 6) is -1.39. The van der Waals surface area contributed by atoms with E-state index >= 15 is 0 Å². The van der Waals surface area contributed by atoms with E-state index in [1.54, 1.807) is 0 Å². The molecule has 0 rings (SSSR count). The van der Waals surface area contributed by atoms with Crippen molar-refractivity contribution in [2.24, 2.45) is 0 Å². The average molecular weight is 497 g/mol. The van der Waals surface area contributed by atoms with Crippen LogP contribution in [0.15, 0.2) is 0 Å². The van der Waals surface area contributed by atoms with Crippen LogP contribution in [0.25, 0.3) is 0 Å². The SMILES string of the molecule is CCCCCCCCCCCCCCCCCCOCC(COC(=O)P(=O)(O)O)(OC)OC. The van der Waals surface area contributed by atoms with Crippen LogP contribution in [-0.2, 0) is 23.5 Å². The first-order valence-electron chi connectivity index (χ1n) is 12.7. The van der Waals surface area contributed by atoms with Gasteiger partial charge in [-0.1, -0.05) is 103 Å². The highest BCUT2D eigenvalue weighted by Gasteiger charge is 2.36. The molecule has 198 valence electrons. The van der Waals surface area contributed by atoms with Crippen LogP contribution in [0.5, 0.6) is 0 Å². The highest BCUT2D eigenvalue weighted by Crippen LogP contribution is 2.37. The molecule has 8 nitrogen and oxygen atoms in total. The fourth-order valence-electron chi connectivity index (χ4n) is 3.60. The third-order valence-electron chi connectivity index (χ3n) is 5.86. The van der Waals surface area contributed by atoms with Crippen molar-refractivity contribution in [3.8, 4) is 0 Å². The zero-order valence-electron chi connectivity index (χ0n) is 21.2. The van der Waals surface area contributed by atoms with E-state index in [2.05, 4.69) is 11.7 Å². The molecule has 0 heterocycles. The minimum absolute atomic E-state index is 0.00677. The fraction of sp³-hybridized carbons (Fsp3) is 0.958. The topological polar surface area (TPSA) is 112 Å². The molecular formula is C24H49O8P. The molecule has 33 heavy (non-hydrogen) atoms. The highest BCUT2D eigenvalue weighted by molar-refractivity contribution is 7.69. The maximum absolute atomic E-state index is 11.2. The summed E-state index contributed by atoms with van der Waals surface area (Å²) >= 11 is 0. The maximum Gasteiger partial charge on any atom is 0.433 e. The van der Waals surface area contributed by atoms with E-state index in [4.69, 9.17) is 24.0 Å². The molecule has 2 N–H and O–H groups in total. The largest absolute Gasteiger partial charge is 0.451 e. The first kappa shape index (κ1) is 32.5. The van der Waals surface area contributed by atoms with E-state index in [0.29, 0.717) is 6.61 Å². The zero-order chi connectivity index (χ0) is 24.8. The van der Waals surface area contributed by atoms with E-state index in [9.17, 15) is 9.36 Å². The monoisotopic (exact) mass is 496 g/mol. The lowest BCUT2D eigenvalue weighted by Crippen LogP contribution is -2.44. The second-order valence-electron chi connectivity index (χ2n) is 8.77. The summed E-state index contributed by atoms with van der Waals surface area (Å²) in [6.45, 7) is 2.30. The highest BCUT2D eigenvalue weighted by atomic mass is 31.2. The van der Waals surface area contributed by atoms with Gasteiger partial charge in [-0.05, 0) is 6.42 Å². The Bertz CT molecular complexity index is 505. The van der Waals surface area contributed by atoms with Gasteiger partial charge in [-0.3, -0.25) is 0 Å². The van der Waals surface area contributed by atoms with Crippen LogP contribution in [0.1, 0.15) is 110 Å². The molecule has 0 aromatic rings. The van der Waals surface area contributed by atoms with Crippen LogP contribution >= 0.6 is 7.60 Å². The number of carbonyl (C=O) groups is 1. The van der Waals surface area contributed by atoms with Gasteiger partial charge in [-0.2, -0.15) is 0 Å². The average Bonchev–Trinajstić information content (AvgIpc) is 2.79. The van der Waals surface area contributed by atoms with E-state index < -0.39 is 25.7 Å². The second kappa shape index (κ2) is 20.8. The Hall–Kier alpha value is -0.500. The number of unbranched alkanes of at least 4 members (excludes halogenated alkanes) is 15. The first-order chi connectivity index (χ1) is 15.8. The van der Waals surface area contributed by atoms with Crippen molar-refractivity contribution in [3.63, 3.8) is 0 Å². The van der Waals surface area contributed by atoms with Crippen molar-refractivity contribution >= 4 is 13.3 Å². The standard InChI is InChI=1S/C24H49O8P/c1-4-5-6-7-8-9-10-11-12-13-14-15-16-17-18-19-20-31-21-24(29-2,30-3)22-32-23(25)33(26,27)28/h4-22H2,1-3H3,(H2,26,27,28). The molecule has 0 radical (unpaired) electrons. The molecule has 0 saturated heterocycles. The van der Waals surface area contributed by atoms with Gasteiger partial charge < -0.3 is 28.7 Å². The van der Waals surface area contributed by atoms with Crippen LogP contribution in [0.2, 0.25) is 0 Å². The molecule has 0 bridgehead atoms. The Morgan fingerprint density at radius 2 is 1.09 bits per heavy atom. The number of hydrogen-bond acceptors (Lipinski definition) is 6. The summed E-state index contributed by atoms with van der Waals surface area (Å²) < 4.78 is 31.5. The van der Waals surface area contributed by atoms with Gasteiger partial charge in [-0.25, -0.2) is 9.36 Å². The van der Waals surface area contributed by atoms with Crippen molar-refractivity contribution in [3.05, 3.63) is 0 Å². The molecule has 0 aromatic heterocycles. The Morgan fingerprint density at radius 1 is 0.697 bits per heavy atom. The fourth-order valence-corrected chi connectivity index (χ4v) is 3.83. The van der Waals surface area contributed by atoms with Crippen molar-refractivity contribution in [1.82, 2.24) is 0 Å². The van der Waals surface area contributed by atoms with E-state index in [1.807, 2.05) is 0 Å². The first-order valence-corrected chi connectivity index (χ1v) is 14.3. The normalized spacial score (nSPS) is 12.3. The molecular weight excluding hydrogens is 447 g/mol. The summed E-state index contributed by atoms with van der Waals surface area (Å²) in [6, 6.07) is 0. The number of ether oxygens (including phenoxy) is 4. The second-order valence-corrected chi connectivity index (χ2v) is 10.2.